The molecule has 0 aliphatic carbocycles. The molecule has 0 radical (unpaired) electrons. The largest absolute Gasteiger partial charge is 0.466 e. The zero-order chi connectivity index (χ0) is 12.9. The van der Waals surface area contributed by atoms with Gasteiger partial charge in [-0.05, 0) is 19.3 Å². The maximum absolute atomic E-state index is 10.4. The lowest BCUT2D eigenvalue weighted by Gasteiger charge is -1.98. The molecule has 0 saturated heterocycles. The van der Waals surface area contributed by atoms with Crippen molar-refractivity contribution < 1.29 is 19.1 Å². The molecule has 0 atom stereocenters. The number of ether oxygens (including phenoxy) is 2. The van der Waals surface area contributed by atoms with Gasteiger partial charge in [-0.25, -0.2) is 0 Å². The Labute approximate surface area is 103 Å². The van der Waals surface area contributed by atoms with Crippen LogP contribution in [0.25, 0.3) is 0 Å². The van der Waals surface area contributed by atoms with Crippen molar-refractivity contribution >= 4 is 11.9 Å². The summed E-state index contributed by atoms with van der Waals surface area (Å²) in [5.74, 6) is 5.56. The highest BCUT2D eigenvalue weighted by Gasteiger charge is 1.92. The molecule has 4 nitrogen and oxygen atoms in total. The summed E-state index contributed by atoms with van der Waals surface area (Å²) in [5, 5.41) is 0. The first-order valence-corrected chi connectivity index (χ1v) is 5.85. The fourth-order valence-corrected chi connectivity index (χ4v) is 1.08. The third-order valence-electron chi connectivity index (χ3n) is 1.88. The molecule has 0 aliphatic heterocycles. The summed E-state index contributed by atoms with van der Waals surface area (Å²) >= 11 is 0. The Morgan fingerprint density at radius 2 is 1.29 bits per heavy atom. The average Bonchev–Trinajstić information content (AvgIpc) is 2.25. The molecular weight excluding hydrogens is 220 g/mol. The van der Waals surface area contributed by atoms with Gasteiger partial charge in [0.2, 0.25) is 0 Å². The minimum Gasteiger partial charge on any atom is -0.466 e. The predicted molar refractivity (Wildman–Crippen MR) is 64.1 cm³/mol. The summed E-state index contributed by atoms with van der Waals surface area (Å²) in [4.78, 5) is 20.9. The molecule has 0 bridgehead atoms. The van der Waals surface area contributed by atoms with E-state index in [-0.39, 0.29) is 11.9 Å². The number of hydrogen-bond donors (Lipinski definition) is 0. The maximum Gasteiger partial charge on any atom is 0.302 e. The molecule has 0 unspecified atom stereocenters. The van der Waals surface area contributed by atoms with Crippen molar-refractivity contribution in [2.75, 3.05) is 13.2 Å². The second kappa shape index (κ2) is 11.0. The van der Waals surface area contributed by atoms with Crippen molar-refractivity contribution in [1.29, 1.82) is 0 Å². The van der Waals surface area contributed by atoms with E-state index in [2.05, 4.69) is 11.8 Å². The van der Waals surface area contributed by atoms with Crippen molar-refractivity contribution in [1.82, 2.24) is 0 Å². The van der Waals surface area contributed by atoms with Crippen LogP contribution in [-0.2, 0) is 19.1 Å². The van der Waals surface area contributed by atoms with Crippen molar-refractivity contribution in [2.45, 2.75) is 46.0 Å². The third-order valence-corrected chi connectivity index (χ3v) is 1.88. The first-order chi connectivity index (χ1) is 8.13. The molecule has 0 aliphatic rings. The third kappa shape index (κ3) is 14.5. The molecular formula is C13H20O4. The number of carbonyl (C=O) groups is 2. The second-order valence-corrected chi connectivity index (χ2v) is 3.59. The fourth-order valence-electron chi connectivity index (χ4n) is 1.08. The van der Waals surface area contributed by atoms with Crippen LogP contribution in [0.1, 0.15) is 46.0 Å². The van der Waals surface area contributed by atoms with Gasteiger partial charge >= 0.3 is 11.9 Å². The molecule has 0 fully saturated rings. The molecule has 4 heteroatoms. The van der Waals surface area contributed by atoms with E-state index < -0.39 is 0 Å². The van der Waals surface area contributed by atoms with Gasteiger partial charge in [-0.3, -0.25) is 9.59 Å². The highest BCUT2D eigenvalue weighted by atomic mass is 16.5. The van der Waals surface area contributed by atoms with Crippen LogP contribution in [0.4, 0.5) is 0 Å². The summed E-state index contributed by atoms with van der Waals surface area (Å²) in [5.41, 5.74) is 0. The van der Waals surface area contributed by atoms with Crippen molar-refractivity contribution in [3.63, 3.8) is 0 Å². The maximum atomic E-state index is 10.4. The van der Waals surface area contributed by atoms with E-state index in [4.69, 9.17) is 9.47 Å². The molecule has 0 aromatic heterocycles. The van der Waals surface area contributed by atoms with Crippen LogP contribution in [0.15, 0.2) is 0 Å². The zero-order valence-corrected chi connectivity index (χ0v) is 10.6. The average molecular weight is 240 g/mol. The van der Waals surface area contributed by atoms with Crippen LogP contribution in [-0.4, -0.2) is 25.2 Å². The number of rotatable bonds is 7. The van der Waals surface area contributed by atoms with Crippen molar-refractivity contribution in [3.8, 4) is 11.8 Å². The van der Waals surface area contributed by atoms with Crippen LogP contribution in [0.3, 0.4) is 0 Å². The van der Waals surface area contributed by atoms with Gasteiger partial charge in [-0.1, -0.05) is 0 Å². The fraction of sp³-hybridized carbons (Fsp3) is 0.692. The first kappa shape index (κ1) is 15.5. The highest BCUT2D eigenvalue weighted by Crippen LogP contribution is 1.95. The number of carbonyl (C=O) groups excluding carboxylic acids is 2. The van der Waals surface area contributed by atoms with Crippen LogP contribution in [0, 0.1) is 11.8 Å². The molecule has 0 aromatic rings. The summed E-state index contributed by atoms with van der Waals surface area (Å²) in [6.45, 7) is 3.72. The van der Waals surface area contributed by atoms with Gasteiger partial charge in [0.1, 0.15) is 0 Å². The smallest absolute Gasteiger partial charge is 0.302 e. The predicted octanol–water partition coefficient (Wildman–Crippen LogP) is 2.07. The van der Waals surface area contributed by atoms with Gasteiger partial charge in [0.25, 0.3) is 0 Å². The standard InChI is InChI=1S/C13H20O4/c1-12(14)16-10-8-6-4-3-5-7-9-11-17-13(2)15/h4,6-11H2,1-2H3. The minimum absolute atomic E-state index is 0.235. The number of hydrogen-bond acceptors (Lipinski definition) is 4. The lowest BCUT2D eigenvalue weighted by Crippen LogP contribution is -2.00. The summed E-state index contributed by atoms with van der Waals surface area (Å²) < 4.78 is 9.56. The van der Waals surface area contributed by atoms with Gasteiger partial charge in [-0.15, -0.1) is 11.8 Å². The molecule has 96 valence electrons. The lowest BCUT2D eigenvalue weighted by molar-refractivity contribution is -0.142. The Morgan fingerprint density at radius 3 is 1.82 bits per heavy atom. The van der Waals surface area contributed by atoms with Crippen LogP contribution >= 0.6 is 0 Å². The van der Waals surface area contributed by atoms with Gasteiger partial charge in [-0.2, -0.15) is 0 Å². The monoisotopic (exact) mass is 240 g/mol. The normalized spacial score (nSPS) is 9.06. The Hall–Kier alpha value is -1.50. The molecule has 0 spiro atoms. The second-order valence-electron chi connectivity index (χ2n) is 3.59. The van der Waals surface area contributed by atoms with E-state index in [1.165, 1.54) is 13.8 Å². The summed E-state index contributed by atoms with van der Waals surface area (Å²) in [7, 11) is 0. The van der Waals surface area contributed by atoms with Crippen LogP contribution < -0.4 is 0 Å². The first-order valence-electron chi connectivity index (χ1n) is 5.85. The van der Waals surface area contributed by atoms with E-state index in [0.29, 0.717) is 13.2 Å². The summed E-state index contributed by atoms with van der Waals surface area (Å²) in [6, 6.07) is 0. The number of esters is 2. The van der Waals surface area contributed by atoms with Gasteiger partial charge in [0.15, 0.2) is 0 Å². The van der Waals surface area contributed by atoms with E-state index in [1.807, 2.05) is 0 Å². The van der Waals surface area contributed by atoms with Crippen molar-refractivity contribution in [2.24, 2.45) is 0 Å². The van der Waals surface area contributed by atoms with E-state index in [9.17, 15) is 9.59 Å². The van der Waals surface area contributed by atoms with Gasteiger partial charge in [0.05, 0.1) is 13.2 Å². The zero-order valence-electron chi connectivity index (χ0n) is 10.6. The topological polar surface area (TPSA) is 52.6 Å². The Balaban J connectivity index is 3.20. The number of unbranched alkanes of at least 4 members (excludes halogenated alkanes) is 3. The van der Waals surface area contributed by atoms with Crippen molar-refractivity contribution in [3.05, 3.63) is 0 Å². The Bertz CT molecular complexity index is 286. The molecule has 17 heavy (non-hydrogen) atoms. The molecule has 0 amide bonds. The SMILES string of the molecule is CC(=O)OCCCC#CCCCCOC(C)=O. The molecule has 0 heterocycles. The van der Waals surface area contributed by atoms with E-state index in [1.54, 1.807) is 0 Å². The van der Waals surface area contributed by atoms with E-state index >= 15 is 0 Å². The minimum atomic E-state index is -0.247. The highest BCUT2D eigenvalue weighted by molar-refractivity contribution is 5.66. The molecule has 0 rings (SSSR count). The van der Waals surface area contributed by atoms with Gasteiger partial charge < -0.3 is 9.47 Å². The molecule has 0 N–H and O–H groups in total. The Morgan fingerprint density at radius 1 is 0.824 bits per heavy atom. The molecule has 0 aromatic carbocycles. The van der Waals surface area contributed by atoms with Crippen LogP contribution in [0.5, 0.6) is 0 Å². The molecule has 0 saturated carbocycles. The Kier molecular flexibility index (Phi) is 10.0. The quantitative estimate of drug-likeness (QED) is 0.388. The van der Waals surface area contributed by atoms with Gasteiger partial charge in [0, 0.05) is 26.7 Å². The lowest BCUT2D eigenvalue weighted by atomic mass is 10.2. The van der Waals surface area contributed by atoms with Crippen LogP contribution in [0.2, 0.25) is 0 Å². The van der Waals surface area contributed by atoms with E-state index in [0.717, 1.165) is 32.1 Å². The summed E-state index contributed by atoms with van der Waals surface area (Å²) in [6.07, 6.45) is 4.12.